The quantitative estimate of drug-likeness (QED) is 0.870. The summed E-state index contributed by atoms with van der Waals surface area (Å²) in [5, 5.41) is 10.8. The van der Waals surface area contributed by atoms with Crippen molar-refractivity contribution in [3.05, 3.63) is 29.5 Å². The molecule has 0 saturated carbocycles. The van der Waals surface area contributed by atoms with E-state index in [4.69, 9.17) is 0 Å². The van der Waals surface area contributed by atoms with Crippen LogP contribution < -0.4 is 5.32 Å². The van der Waals surface area contributed by atoms with Gasteiger partial charge < -0.3 is 5.32 Å². The van der Waals surface area contributed by atoms with Crippen LogP contribution in [-0.2, 0) is 0 Å². The van der Waals surface area contributed by atoms with Crippen LogP contribution in [0.4, 0.5) is 0 Å². The smallest absolute Gasteiger partial charge is 0.272 e. The minimum absolute atomic E-state index is 0.104. The van der Waals surface area contributed by atoms with Gasteiger partial charge in [0.15, 0.2) is 5.69 Å². The molecule has 0 aliphatic heterocycles. The Kier molecular flexibility index (Phi) is 3.65. The van der Waals surface area contributed by atoms with E-state index < -0.39 is 0 Å². The van der Waals surface area contributed by atoms with Gasteiger partial charge in [0.1, 0.15) is 0 Å². The van der Waals surface area contributed by atoms with Gasteiger partial charge in [-0.3, -0.25) is 9.89 Å². The molecule has 1 aromatic heterocycles. The fraction of sp³-hybridized carbons (Fsp3) is 0.429. The number of hydrogen-bond donors (Lipinski definition) is 2. The summed E-state index contributed by atoms with van der Waals surface area (Å²) in [7, 11) is 0. The maximum absolute atomic E-state index is 12.0. The number of nitrogens with one attached hydrogen (secondary N) is 2. The van der Waals surface area contributed by atoms with Gasteiger partial charge in [0.05, 0.1) is 5.52 Å². The van der Waals surface area contributed by atoms with E-state index in [1.807, 2.05) is 25.1 Å². The molecular weight excluding hydrogens is 226 g/mol. The van der Waals surface area contributed by atoms with Gasteiger partial charge in [-0.15, -0.1) is 0 Å². The van der Waals surface area contributed by atoms with Gasteiger partial charge in [-0.25, -0.2) is 0 Å². The summed E-state index contributed by atoms with van der Waals surface area (Å²) < 4.78 is 0. The third kappa shape index (κ3) is 2.70. The first-order chi connectivity index (χ1) is 8.58. The molecule has 1 aromatic carbocycles. The number of aryl methyl sites for hydroxylation is 1. The molecule has 96 valence electrons. The van der Waals surface area contributed by atoms with Gasteiger partial charge in [0.25, 0.3) is 5.91 Å². The molecule has 0 saturated heterocycles. The van der Waals surface area contributed by atoms with Crippen LogP contribution in [0.3, 0.4) is 0 Å². The van der Waals surface area contributed by atoms with Gasteiger partial charge in [0, 0.05) is 11.9 Å². The zero-order chi connectivity index (χ0) is 13.1. The number of aromatic nitrogens is 2. The molecule has 0 radical (unpaired) electrons. The summed E-state index contributed by atoms with van der Waals surface area (Å²) in [6, 6.07) is 5.93. The fourth-order valence-corrected chi connectivity index (χ4v) is 1.86. The van der Waals surface area contributed by atoms with E-state index >= 15 is 0 Å². The molecule has 0 bridgehead atoms. The average Bonchev–Trinajstić information content (AvgIpc) is 2.71. The largest absolute Gasteiger partial charge is 0.351 e. The zero-order valence-electron chi connectivity index (χ0n) is 11.1. The number of carbonyl (C=O) groups is 1. The highest BCUT2D eigenvalue weighted by molar-refractivity contribution is 6.04. The minimum atomic E-state index is -0.104. The summed E-state index contributed by atoms with van der Waals surface area (Å²) in [6.45, 7) is 6.97. The number of benzene rings is 1. The molecule has 0 spiro atoms. The lowest BCUT2D eigenvalue weighted by Gasteiger charge is -2.05. The second kappa shape index (κ2) is 5.21. The molecule has 0 aliphatic rings. The maximum atomic E-state index is 12.0. The fourth-order valence-electron chi connectivity index (χ4n) is 1.86. The van der Waals surface area contributed by atoms with Crippen LogP contribution in [0.15, 0.2) is 18.2 Å². The van der Waals surface area contributed by atoms with E-state index in [0.29, 0.717) is 18.2 Å². The standard InChI is InChI=1S/C14H19N3O/c1-9(2)6-7-15-14(18)13-11-8-10(3)4-5-12(11)16-17-13/h4-5,8-9H,6-7H2,1-3H3,(H,15,18)(H,16,17). The Hall–Kier alpha value is -1.84. The Morgan fingerprint density at radius 1 is 1.44 bits per heavy atom. The molecule has 18 heavy (non-hydrogen) atoms. The number of amides is 1. The number of hydrogen-bond acceptors (Lipinski definition) is 2. The first kappa shape index (κ1) is 12.6. The maximum Gasteiger partial charge on any atom is 0.272 e. The van der Waals surface area contributed by atoms with Crippen LogP contribution in [0, 0.1) is 12.8 Å². The van der Waals surface area contributed by atoms with E-state index in [9.17, 15) is 4.79 Å². The lowest BCUT2D eigenvalue weighted by atomic mass is 10.1. The Morgan fingerprint density at radius 3 is 2.94 bits per heavy atom. The highest BCUT2D eigenvalue weighted by Gasteiger charge is 2.13. The Labute approximate surface area is 107 Å². The van der Waals surface area contributed by atoms with Crippen LogP contribution >= 0.6 is 0 Å². The summed E-state index contributed by atoms with van der Waals surface area (Å²) in [5.41, 5.74) is 2.51. The third-order valence-corrected chi connectivity index (χ3v) is 2.94. The topological polar surface area (TPSA) is 57.8 Å². The molecule has 4 heteroatoms. The summed E-state index contributed by atoms with van der Waals surface area (Å²) in [6.07, 6.45) is 0.979. The van der Waals surface area contributed by atoms with Crippen molar-refractivity contribution < 1.29 is 4.79 Å². The van der Waals surface area contributed by atoms with Crippen LogP contribution in [0.5, 0.6) is 0 Å². The molecule has 4 nitrogen and oxygen atoms in total. The predicted octanol–water partition coefficient (Wildman–Crippen LogP) is 2.65. The normalized spacial score (nSPS) is 11.1. The molecule has 0 fully saturated rings. The SMILES string of the molecule is Cc1ccc2[nH]nc(C(=O)NCCC(C)C)c2c1. The van der Waals surface area contributed by atoms with E-state index in [1.165, 1.54) is 0 Å². The van der Waals surface area contributed by atoms with Crippen molar-refractivity contribution in [1.29, 1.82) is 0 Å². The molecule has 2 aromatic rings. The molecule has 1 amide bonds. The van der Waals surface area contributed by atoms with Crippen molar-refractivity contribution in [1.82, 2.24) is 15.5 Å². The number of H-pyrrole nitrogens is 1. The van der Waals surface area contributed by atoms with Gasteiger partial charge in [-0.05, 0) is 31.4 Å². The highest BCUT2D eigenvalue weighted by Crippen LogP contribution is 2.17. The zero-order valence-corrected chi connectivity index (χ0v) is 11.1. The van der Waals surface area contributed by atoms with Crippen molar-refractivity contribution in [3.63, 3.8) is 0 Å². The number of aromatic amines is 1. The Morgan fingerprint density at radius 2 is 2.22 bits per heavy atom. The average molecular weight is 245 g/mol. The van der Waals surface area contributed by atoms with Gasteiger partial charge >= 0.3 is 0 Å². The van der Waals surface area contributed by atoms with Gasteiger partial charge in [-0.1, -0.05) is 25.5 Å². The second-order valence-electron chi connectivity index (χ2n) is 5.06. The number of rotatable bonds is 4. The molecule has 0 unspecified atom stereocenters. The van der Waals surface area contributed by atoms with Crippen molar-refractivity contribution in [2.24, 2.45) is 5.92 Å². The molecule has 0 atom stereocenters. The van der Waals surface area contributed by atoms with Crippen molar-refractivity contribution in [2.45, 2.75) is 27.2 Å². The highest BCUT2D eigenvalue weighted by atomic mass is 16.1. The van der Waals surface area contributed by atoms with Crippen molar-refractivity contribution in [2.75, 3.05) is 6.54 Å². The summed E-state index contributed by atoms with van der Waals surface area (Å²) in [5.74, 6) is 0.482. The Bertz CT molecular complexity index is 557. The minimum Gasteiger partial charge on any atom is -0.351 e. The van der Waals surface area contributed by atoms with E-state index in [0.717, 1.165) is 22.9 Å². The van der Waals surface area contributed by atoms with Crippen LogP contribution in [0.2, 0.25) is 0 Å². The van der Waals surface area contributed by atoms with Crippen molar-refractivity contribution in [3.8, 4) is 0 Å². The van der Waals surface area contributed by atoms with Crippen LogP contribution in [0.1, 0.15) is 36.3 Å². The van der Waals surface area contributed by atoms with E-state index in [2.05, 4.69) is 29.4 Å². The number of nitrogens with zero attached hydrogens (tertiary/aromatic N) is 1. The lowest BCUT2D eigenvalue weighted by Crippen LogP contribution is -2.25. The van der Waals surface area contributed by atoms with E-state index in [1.54, 1.807) is 0 Å². The number of carbonyl (C=O) groups excluding carboxylic acids is 1. The lowest BCUT2D eigenvalue weighted by molar-refractivity contribution is 0.0948. The summed E-state index contributed by atoms with van der Waals surface area (Å²) >= 11 is 0. The number of fused-ring (bicyclic) bond motifs is 1. The third-order valence-electron chi connectivity index (χ3n) is 2.94. The predicted molar refractivity (Wildman–Crippen MR) is 72.6 cm³/mol. The molecule has 0 aliphatic carbocycles. The van der Waals surface area contributed by atoms with E-state index in [-0.39, 0.29) is 5.91 Å². The molecule has 1 heterocycles. The van der Waals surface area contributed by atoms with Gasteiger partial charge in [-0.2, -0.15) is 5.10 Å². The van der Waals surface area contributed by atoms with Crippen molar-refractivity contribution >= 4 is 16.8 Å². The summed E-state index contributed by atoms with van der Waals surface area (Å²) in [4.78, 5) is 12.0. The molecule has 2 rings (SSSR count). The van der Waals surface area contributed by atoms with Crippen LogP contribution in [-0.4, -0.2) is 22.6 Å². The first-order valence-corrected chi connectivity index (χ1v) is 6.31. The Balaban J connectivity index is 2.15. The van der Waals surface area contributed by atoms with Gasteiger partial charge in [0.2, 0.25) is 0 Å². The monoisotopic (exact) mass is 245 g/mol. The second-order valence-corrected chi connectivity index (χ2v) is 5.06. The molecule has 2 N–H and O–H groups in total. The molecular formula is C14H19N3O. The first-order valence-electron chi connectivity index (χ1n) is 6.31. The van der Waals surface area contributed by atoms with Crippen LogP contribution in [0.25, 0.3) is 10.9 Å².